The van der Waals surface area contributed by atoms with Crippen molar-refractivity contribution < 1.29 is 19.2 Å². The summed E-state index contributed by atoms with van der Waals surface area (Å²) in [6.07, 6.45) is 0. The quantitative estimate of drug-likeness (QED) is 0.858. The Bertz CT molecular complexity index is 483. The number of hydrogen-bond donors (Lipinski definition) is 2. The fraction of sp³-hybridized carbons (Fsp3) is 0.545. The lowest BCUT2D eigenvalue weighted by molar-refractivity contribution is -0.140. The van der Waals surface area contributed by atoms with Gasteiger partial charge in [-0.3, -0.25) is 0 Å². The molecule has 0 aromatic carbocycles. The van der Waals surface area contributed by atoms with Crippen molar-refractivity contribution in [3.63, 3.8) is 0 Å². The first kappa shape index (κ1) is 13.7. The van der Waals surface area contributed by atoms with Crippen LogP contribution in [0.25, 0.3) is 0 Å². The second-order valence-electron chi connectivity index (χ2n) is 4.29. The molecule has 1 aromatic heterocycles. The van der Waals surface area contributed by atoms with E-state index in [0.29, 0.717) is 17.4 Å². The number of nitrogens with zero attached hydrogens (tertiary/aromatic N) is 2. The Morgan fingerprint density at radius 3 is 2.89 bits per heavy atom. The summed E-state index contributed by atoms with van der Waals surface area (Å²) in [5.74, 6) is 0.499. The van der Waals surface area contributed by atoms with Gasteiger partial charge in [-0.15, -0.1) is 11.8 Å². The van der Waals surface area contributed by atoms with Crippen molar-refractivity contribution in [3.8, 4) is 0 Å². The average molecular weight is 285 g/mol. The fourth-order valence-electron chi connectivity index (χ4n) is 1.87. The zero-order chi connectivity index (χ0) is 14.0. The van der Waals surface area contributed by atoms with Crippen molar-refractivity contribution >= 4 is 23.8 Å². The van der Waals surface area contributed by atoms with E-state index in [2.05, 4.69) is 10.5 Å². The number of hydrogen-bond acceptors (Lipinski definition) is 5. The minimum atomic E-state index is -0.975. The van der Waals surface area contributed by atoms with Crippen LogP contribution >= 0.6 is 11.8 Å². The zero-order valence-electron chi connectivity index (χ0n) is 10.7. The number of thioether (sulfide) groups is 1. The molecule has 2 amide bonds. The number of carbonyl (C=O) groups excluding carboxylic acids is 1. The number of carboxylic acid groups (broad SMARTS) is 1. The number of carboxylic acids is 1. The summed E-state index contributed by atoms with van der Waals surface area (Å²) >= 11 is 1.43. The first-order valence-corrected chi connectivity index (χ1v) is 6.93. The molecule has 0 unspecified atom stereocenters. The van der Waals surface area contributed by atoms with Crippen molar-refractivity contribution in [2.75, 3.05) is 11.6 Å². The van der Waals surface area contributed by atoms with Gasteiger partial charge in [0.2, 0.25) is 0 Å². The normalized spacial score (nSPS) is 18.6. The van der Waals surface area contributed by atoms with E-state index in [9.17, 15) is 9.59 Å². The molecular formula is C11H15N3O4S. The SMILES string of the molecule is Cc1noc(C)c1CNC(=O)N1CSC[C@H]1C(=O)O. The minimum absolute atomic E-state index is 0.285. The molecule has 0 bridgehead atoms. The maximum Gasteiger partial charge on any atom is 0.327 e. The number of nitrogens with one attached hydrogen (secondary N) is 1. The van der Waals surface area contributed by atoms with E-state index in [-0.39, 0.29) is 12.6 Å². The van der Waals surface area contributed by atoms with Gasteiger partial charge in [-0.1, -0.05) is 5.16 Å². The summed E-state index contributed by atoms with van der Waals surface area (Å²) in [4.78, 5) is 24.3. The minimum Gasteiger partial charge on any atom is -0.480 e. The zero-order valence-corrected chi connectivity index (χ0v) is 11.5. The van der Waals surface area contributed by atoms with Crippen LogP contribution in [-0.2, 0) is 11.3 Å². The maximum absolute atomic E-state index is 12.0. The molecule has 19 heavy (non-hydrogen) atoms. The second kappa shape index (κ2) is 5.52. The van der Waals surface area contributed by atoms with Gasteiger partial charge < -0.3 is 19.8 Å². The molecule has 1 fully saturated rings. The molecule has 2 heterocycles. The highest BCUT2D eigenvalue weighted by Gasteiger charge is 2.34. The Morgan fingerprint density at radius 2 is 2.32 bits per heavy atom. The van der Waals surface area contributed by atoms with Gasteiger partial charge >= 0.3 is 12.0 Å². The van der Waals surface area contributed by atoms with Crippen LogP contribution in [0.1, 0.15) is 17.0 Å². The Kier molecular flexibility index (Phi) is 3.98. The van der Waals surface area contributed by atoms with E-state index in [0.717, 1.165) is 11.3 Å². The van der Waals surface area contributed by atoms with Crippen molar-refractivity contribution in [3.05, 3.63) is 17.0 Å². The third kappa shape index (κ3) is 2.83. The van der Waals surface area contributed by atoms with Gasteiger partial charge in [-0.25, -0.2) is 9.59 Å². The van der Waals surface area contributed by atoms with Crippen LogP contribution in [0.5, 0.6) is 0 Å². The third-order valence-electron chi connectivity index (χ3n) is 3.03. The van der Waals surface area contributed by atoms with Gasteiger partial charge in [-0.2, -0.15) is 0 Å². The number of aromatic nitrogens is 1. The first-order chi connectivity index (χ1) is 9.00. The van der Waals surface area contributed by atoms with Crippen LogP contribution in [0.15, 0.2) is 4.52 Å². The molecule has 0 aliphatic carbocycles. The molecule has 1 atom stereocenters. The van der Waals surface area contributed by atoms with Crippen molar-refractivity contribution in [1.82, 2.24) is 15.4 Å². The molecule has 1 saturated heterocycles. The van der Waals surface area contributed by atoms with Crippen LogP contribution < -0.4 is 5.32 Å². The van der Waals surface area contributed by atoms with Gasteiger partial charge in [0.05, 0.1) is 11.6 Å². The summed E-state index contributed by atoms with van der Waals surface area (Å²) in [6, 6.07) is -1.13. The maximum atomic E-state index is 12.0. The predicted octanol–water partition coefficient (Wildman–Crippen LogP) is 0.961. The fourth-order valence-corrected chi connectivity index (χ4v) is 3.01. The van der Waals surface area contributed by atoms with Crippen molar-refractivity contribution in [2.45, 2.75) is 26.4 Å². The van der Waals surface area contributed by atoms with Gasteiger partial charge in [0, 0.05) is 17.9 Å². The molecular weight excluding hydrogens is 270 g/mol. The van der Waals surface area contributed by atoms with Gasteiger partial charge in [0.25, 0.3) is 0 Å². The molecule has 7 nitrogen and oxygen atoms in total. The third-order valence-corrected chi connectivity index (χ3v) is 4.04. The number of aryl methyl sites for hydroxylation is 2. The number of amides is 2. The highest BCUT2D eigenvalue weighted by molar-refractivity contribution is 7.99. The molecule has 1 aliphatic rings. The van der Waals surface area contributed by atoms with Crippen LogP contribution in [0.4, 0.5) is 4.79 Å². The summed E-state index contributed by atoms with van der Waals surface area (Å²) < 4.78 is 5.00. The lowest BCUT2D eigenvalue weighted by atomic mass is 10.2. The lowest BCUT2D eigenvalue weighted by Crippen LogP contribution is -2.46. The van der Waals surface area contributed by atoms with E-state index in [1.54, 1.807) is 13.8 Å². The Morgan fingerprint density at radius 1 is 1.58 bits per heavy atom. The molecule has 2 rings (SSSR count). The number of rotatable bonds is 3. The van der Waals surface area contributed by atoms with Gasteiger partial charge in [0.1, 0.15) is 11.8 Å². The Hall–Kier alpha value is -1.70. The monoisotopic (exact) mass is 285 g/mol. The molecule has 8 heteroatoms. The molecule has 0 radical (unpaired) electrons. The summed E-state index contributed by atoms with van der Waals surface area (Å²) in [6.45, 7) is 3.85. The second-order valence-corrected chi connectivity index (χ2v) is 5.28. The van der Waals surface area contributed by atoms with Gasteiger partial charge in [0.15, 0.2) is 0 Å². The predicted molar refractivity (Wildman–Crippen MR) is 68.8 cm³/mol. The lowest BCUT2D eigenvalue weighted by Gasteiger charge is -2.20. The van der Waals surface area contributed by atoms with Crippen LogP contribution in [0.3, 0.4) is 0 Å². The first-order valence-electron chi connectivity index (χ1n) is 5.77. The topological polar surface area (TPSA) is 95.7 Å². The highest BCUT2D eigenvalue weighted by atomic mass is 32.2. The molecule has 0 spiro atoms. The summed E-state index contributed by atoms with van der Waals surface area (Å²) in [5.41, 5.74) is 1.55. The van der Waals surface area contributed by atoms with E-state index >= 15 is 0 Å². The molecule has 0 saturated carbocycles. The molecule has 1 aromatic rings. The standard InChI is InChI=1S/C11H15N3O4S/c1-6-8(7(2)18-13-6)3-12-11(17)14-5-19-4-9(14)10(15)16/h9H,3-5H2,1-2H3,(H,12,17)(H,15,16)/t9-/m0/s1. The number of urea groups is 1. The van der Waals surface area contributed by atoms with Crippen LogP contribution in [-0.4, -0.2) is 44.8 Å². The Balaban J connectivity index is 1.96. The van der Waals surface area contributed by atoms with E-state index < -0.39 is 12.0 Å². The van der Waals surface area contributed by atoms with E-state index in [4.69, 9.17) is 9.63 Å². The van der Waals surface area contributed by atoms with E-state index in [1.807, 2.05) is 0 Å². The van der Waals surface area contributed by atoms with E-state index in [1.165, 1.54) is 16.7 Å². The smallest absolute Gasteiger partial charge is 0.327 e. The molecule has 104 valence electrons. The number of carbonyl (C=O) groups is 2. The molecule has 2 N–H and O–H groups in total. The number of aliphatic carboxylic acids is 1. The van der Waals surface area contributed by atoms with Crippen LogP contribution in [0.2, 0.25) is 0 Å². The molecule has 1 aliphatic heterocycles. The van der Waals surface area contributed by atoms with Crippen LogP contribution in [0, 0.1) is 13.8 Å². The average Bonchev–Trinajstić information content (AvgIpc) is 2.95. The Labute approximate surface area is 114 Å². The summed E-state index contributed by atoms with van der Waals surface area (Å²) in [7, 11) is 0. The summed E-state index contributed by atoms with van der Waals surface area (Å²) in [5, 5.41) is 15.5. The van der Waals surface area contributed by atoms with Crippen molar-refractivity contribution in [2.24, 2.45) is 0 Å². The van der Waals surface area contributed by atoms with Crippen molar-refractivity contribution in [1.29, 1.82) is 0 Å². The van der Waals surface area contributed by atoms with Gasteiger partial charge in [-0.05, 0) is 13.8 Å². The largest absolute Gasteiger partial charge is 0.480 e. The highest BCUT2D eigenvalue weighted by Crippen LogP contribution is 2.21.